The summed E-state index contributed by atoms with van der Waals surface area (Å²) in [5.74, 6) is 1.57. The maximum absolute atomic E-state index is 12.2. The summed E-state index contributed by atoms with van der Waals surface area (Å²) in [5.41, 5.74) is 3.23. The lowest BCUT2D eigenvalue weighted by Gasteiger charge is -2.36. The van der Waals surface area contributed by atoms with E-state index < -0.39 is 0 Å². The maximum Gasteiger partial charge on any atom is 0.353 e. The standard InChI is InChI=1S/C23H24N6O3/c1-32-19-8-6-18(7-9-19)26-12-14-27(15-13-26)22-21(29(30)31)23(25-16-24-22)28-11-10-17-4-2-3-5-20(17)28/h2-9,16H,10-15H2,1H3. The minimum Gasteiger partial charge on any atom is -0.497 e. The third-order valence-electron chi connectivity index (χ3n) is 6.13. The zero-order valence-electron chi connectivity index (χ0n) is 17.8. The number of fused-ring (bicyclic) bond motifs is 1. The number of nitrogens with zero attached hydrogens (tertiary/aromatic N) is 6. The minimum atomic E-state index is -0.346. The van der Waals surface area contributed by atoms with Gasteiger partial charge in [0.2, 0.25) is 11.6 Å². The Hall–Kier alpha value is -3.88. The fourth-order valence-corrected chi connectivity index (χ4v) is 4.48. The van der Waals surface area contributed by atoms with Gasteiger partial charge < -0.3 is 19.4 Å². The number of rotatable bonds is 5. The summed E-state index contributed by atoms with van der Waals surface area (Å²) < 4.78 is 5.23. The lowest BCUT2D eigenvalue weighted by molar-refractivity contribution is -0.383. The molecule has 0 aliphatic carbocycles. The molecule has 0 N–H and O–H groups in total. The first-order valence-corrected chi connectivity index (χ1v) is 10.6. The highest BCUT2D eigenvalue weighted by atomic mass is 16.6. The van der Waals surface area contributed by atoms with E-state index >= 15 is 0 Å². The van der Waals surface area contributed by atoms with Gasteiger partial charge in [0.15, 0.2) is 0 Å². The second-order valence-corrected chi connectivity index (χ2v) is 7.83. The van der Waals surface area contributed by atoms with Crippen molar-refractivity contribution in [3.05, 3.63) is 70.5 Å². The van der Waals surface area contributed by atoms with E-state index in [9.17, 15) is 10.1 Å². The van der Waals surface area contributed by atoms with E-state index in [1.165, 1.54) is 11.9 Å². The Morgan fingerprint density at radius 1 is 0.906 bits per heavy atom. The molecular formula is C23H24N6O3. The van der Waals surface area contributed by atoms with E-state index in [0.29, 0.717) is 31.3 Å². The number of aromatic nitrogens is 2. The molecule has 9 heteroatoms. The second-order valence-electron chi connectivity index (χ2n) is 7.83. The Morgan fingerprint density at radius 3 is 2.31 bits per heavy atom. The Kier molecular flexibility index (Phi) is 5.22. The van der Waals surface area contributed by atoms with Crippen molar-refractivity contribution >= 4 is 28.7 Å². The summed E-state index contributed by atoms with van der Waals surface area (Å²) in [6.45, 7) is 3.44. The van der Waals surface area contributed by atoms with Gasteiger partial charge in [0.05, 0.1) is 12.0 Å². The van der Waals surface area contributed by atoms with Crippen molar-refractivity contribution in [2.75, 3.05) is 54.5 Å². The first-order chi connectivity index (χ1) is 15.7. The summed E-state index contributed by atoms with van der Waals surface area (Å²) in [6, 6.07) is 15.9. The van der Waals surface area contributed by atoms with Gasteiger partial charge in [-0.25, -0.2) is 9.97 Å². The number of ether oxygens (including phenoxy) is 1. The Balaban J connectivity index is 1.40. The molecule has 1 aromatic heterocycles. The molecule has 3 aromatic rings. The van der Waals surface area contributed by atoms with Gasteiger partial charge in [0.25, 0.3) is 0 Å². The first-order valence-electron chi connectivity index (χ1n) is 10.6. The van der Waals surface area contributed by atoms with Crippen LogP contribution in [0.1, 0.15) is 5.56 Å². The predicted molar refractivity (Wildman–Crippen MR) is 123 cm³/mol. The Labute approximate surface area is 186 Å². The fourth-order valence-electron chi connectivity index (χ4n) is 4.48. The van der Waals surface area contributed by atoms with Crippen LogP contribution in [0, 0.1) is 10.1 Å². The summed E-state index contributed by atoms with van der Waals surface area (Å²) in [5, 5.41) is 12.2. The monoisotopic (exact) mass is 432 g/mol. The number of hydrogen-bond donors (Lipinski definition) is 0. The number of anilines is 4. The number of methoxy groups -OCH3 is 1. The molecule has 0 radical (unpaired) electrons. The molecule has 164 valence electrons. The van der Waals surface area contributed by atoms with Crippen LogP contribution in [0.15, 0.2) is 54.9 Å². The lowest BCUT2D eigenvalue weighted by atomic mass is 10.2. The van der Waals surface area contributed by atoms with Crippen molar-refractivity contribution < 1.29 is 9.66 Å². The van der Waals surface area contributed by atoms with Crippen LogP contribution in [0.3, 0.4) is 0 Å². The van der Waals surface area contributed by atoms with Gasteiger partial charge >= 0.3 is 5.69 Å². The minimum absolute atomic E-state index is 0.0258. The maximum atomic E-state index is 12.2. The van der Waals surface area contributed by atoms with Crippen LogP contribution in [0.25, 0.3) is 0 Å². The summed E-state index contributed by atoms with van der Waals surface area (Å²) in [6.07, 6.45) is 2.28. The summed E-state index contributed by atoms with van der Waals surface area (Å²) in [4.78, 5) is 26.7. The number of benzene rings is 2. The molecule has 2 aromatic carbocycles. The quantitative estimate of drug-likeness (QED) is 0.448. The molecule has 2 aliphatic heterocycles. The van der Waals surface area contributed by atoms with Crippen LogP contribution >= 0.6 is 0 Å². The van der Waals surface area contributed by atoms with Gasteiger partial charge in [-0.1, -0.05) is 18.2 Å². The van der Waals surface area contributed by atoms with Crippen molar-refractivity contribution in [3.63, 3.8) is 0 Å². The number of piperazine rings is 1. The van der Waals surface area contributed by atoms with Gasteiger partial charge in [0.1, 0.15) is 12.1 Å². The van der Waals surface area contributed by atoms with Gasteiger partial charge in [-0.05, 0) is 42.3 Å². The Bertz CT molecular complexity index is 1130. The molecule has 32 heavy (non-hydrogen) atoms. The van der Waals surface area contributed by atoms with Gasteiger partial charge in [-0.15, -0.1) is 0 Å². The first kappa shape index (κ1) is 20.0. The van der Waals surface area contributed by atoms with E-state index in [-0.39, 0.29) is 10.6 Å². The summed E-state index contributed by atoms with van der Waals surface area (Å²) >= 11 is 0. The smallest absolute Gasteiger partial charge is 0.353 e. The average Bonchev–Trinajstić information content (AvgIpc) is 3.28. The van der Waals surface area contributed by atoms with Gasteiger partial charge in [-0.2, -0.15) is 0 Å². The van der Waals surface area contributed by atoms with Crippen LogP contribution in [0.2, 0.25) is 0 Å². The van der Waals surface area contributed by atoms with E-state index in [1.807, 2.05) is 52.3 Å². The fraction of sp³-hybridized carbons (Fsp3) is 0.304. The third kappa shape index (κ3) is 3.55. The third-order valence-corrected chi connectivity index (χ3v) is 6.13. The van der Waals surface area contributed by atoms with Crippen LogP contribution in [0.5, 0.6) is 5.75 Å². The highest BCUT2D eigenvalue weighted by Crippen LogP contribution is 2.41. The van der Waals surface area contributed by atoms with Crippen molar-refractivity contribution in [2.24, 2.45) is 0 Å². The topological polar surface area (TPSA) is 87.9 Å². The van der Waals surface area contributed by atoms with Crippen molar-refractivity contribution in [1.29, 1.82) is 0 Å². The molecule has 0 bridgehead atoms. The lowest BCUT2D eigenvalue weighted by Crippen LogP contribution is -2.47. The van der Waals surface area contributed by atoms with E-state index in [4.69, 9.17) is 4.74 Å². The molecule has 1 saturated heterocycles. The molecule has 1 fully saturated rings. The molecule has 3 heterocycles. The van der Waals surface area contributed by atoms with Crippen LogP contribution in [-0.4, -0.2) is 54.7 Å². The van der Waals surface area contributed by atoms with E-state index in [2.05, 4.69) is 20.9 Å². The van der Waals surface area contributed by atoms with Crippen LogP contribution in [-0.2, 0) is 6.42 Å². The number of nitro groups is 1. The molecular weight excluding hydrogens is 408 g/mol. The number of para-hydroxylation sites is 1. The van der Waals surface area contributed by atoms with Gasteiger partial charge in [0, 0.05) is 44.1 Å². The van der Waals surface area contributed by atoms with Crippen molar-refractivity contribution in [3.8, 4) is 5.75 Å². The van der Waals surface area contributed by atoms with Crippen LogP contribution in [0.4, 0.5) is 28.7 Å². The molecule has 0 saturated carbocycles. The van der Waals surface area contributed by atoms with Crippen molar-refractivity contribution in [2.45, 2.75) is 6.42 Å². The SMILES string of the molecule is COc1ccc(N2CCN(c3ncnc(N4CCc5ccccc54)c3[N+](=O)[O-])CC2)cc1. The second kappa shape index (κ2) is 8.33. The molecule has 2 aliphatic rings. The number of hydrogen-bond acceptors (Lipinski definition) is 8. The van der Waals surface area contributed by atoms with E-state index in [0.717, 1.165) is 36.6 Å². The van der Waals surface area contributed by atoms with Crippen molar-refractivity contribution in [1.82, 2.24) is 9.97 Å². The molecule has 0 spiro atoms. The molecule has 9 nitrogen and oxygen atoms in total. The highest BCUT2D eigenvalue weighted by Gasteiger charge is 2.34. The molecule has 0 amide bonds. The molecule has 5 rings (SSSR count). The Morgan fingerprint density at radius 2 is 1.59 bits per heavy atom. The van der Waals surface area contributed by atoms with Gasteiger partial charge in [-0.3, -0.25) is 10.1 Å². The zero-order valence-corrected chi connectivity index (χ0v) is 17.8. The zero-order chi connectivity index (χ0) is 22.1. The predicted octanol–water partition coefficient (Wildman–Crippen LogP) is 3.41. The normalized spacial score (nSPS) is 15.6. The van der Waals surface area contributed by atoms with E-state index in [1.54, 1.807) is 7.11 Å². The largest absolute Gasteiger partial charge is 0.497 e. The molecule has 0 unspecified atom stereocenters. The summed E-state index contributed by atoms with van der Waals surface area (Å²) in [7, 11) is 1.65. The average molecular weight is 432 g/mol. The molecule has 0 atom stereocenters. The van der Waals surface area contributed by atoms with Crippen LogP contribution < -0.4 is 19.4 Å². The highest BCUT2D eigenvalue weighted by molar-refractivity contribution is 5.79.